The van der Waals surface area contributed by atoms with E-state index in [2.05, 4.69) is 37.7 Å². The molecule has 0 saturated heterocycles. The minimum Gasteiger partial charge on any atom is -0.359 e. The van der Waals surface area contributed by atoms with Crippen molar-refractivity contribution >= 4 is 69.5 Å². The van der Waals surface area contributed by atoms with Gasteiger partial charge in [-0.2, -0.15) is 0 Å². The lowest BCUT2D eigenvalue weighted by Crippen LogP contribution is -2.50. The van der Waals surface area contributed by atoms with Crippen molar-refractivity contribution in [3.8, 4) is 0 Å². The zero-order chi connectivity index (χ0) is 28.3. The van der Waals surface area contributed by atoms with E-state index in [1.54, 1.807) is 42.5 Å². The molecule has 0 atom stereocenters. The highest BCUT2D eigenvalue weighted by molar-refractivity contribution is 7.80. The number of benzene rings is 2. The average Bonchev–Trinajstić information content (AvgIpc) is 2.96. The van der Waals surface area contributed by atoms with Crippen LogP contribution in [0.15, 0.2) is 42.5 Å². The summed E-state index contributed by atoms with van der Waals surface area (Å²) in [5.41, 5.74) is 12.5. The molecule has 0 aromatic heterocycles. The molecule has 0 spiro atoms. The molecule has 2 aliphatic carbocycles. The van der Waals surface area contributed by atoms with Crippen molar-refractivity contribution in [2.75, 3.05) is 5.32 Å². The van der Waals surface area contributed by atoms with E-state index in [1.165, 1.54) is 38.5 Å². The molecule has 0 bridgehead atoms. The number of carbonyl (C=O) groups is 2. The number of hydrogen-bond donors (Lipinski definition) is 7. The quantitative estimate of drug-likeness (QED) is 0.182. The van der Waals surface area contributed by atoms with Crippen molar-refractivity contribution in [2.24, 2.45) is 0 Å². The largest absolute Gasteiger partial charge is 0.359 e. The highest BCUT2D eigenvalue weighted by atomic mass is 35.5. The molecule has 2 saturated carbocycles. The molecule has 4 rings (SSSR count). The normalized spacial score (nSPS) is 15.8. The number of hydrogen-bond acceptors (Lipinski definition) is 5. The maximum absolute atomic E-state index is 13.1. The summed E-state index contributed by atoms with van der Waals surface area (Å²) < 4.78 is 0. The monoisotopic (exact) mass is 601 g/mol. The Hall–Kier alpha value is -3.15. The molecule has 7 N–H and O–H groups in total. The van der Waals surface area contributed by atoms with Crippen LogP contribution in [0.5, 0.6) is 0 Å². The second-order valence-corrected chi connectivity index (χ2v) is 11.4. The third-order valence-corrected chi connectivity index (χ3v) is 7.80. The minimum atomic E-state index is -0.408. The van der Waals surface area contributed by atoms with Crippen molar-refractivity contribution in [2.45, 2.75) is 76.3 Å². The number of thiocarbonyl (C=S) groups is 2. The van der Waals surface area contributed by atoms with Gasteiger partial charge < -0.3 is 16.0 Å². The summed E-state index contributed by atoms with van der Waals surface area (Å²) in [6.07, 6.45) is 11.4. The van der Waals surface area contributed by atoms with Gasteiger partial charge in [0, 0.05) is 17.1 Å². The molecule has 40 heavy (non-hydrogen) atoms. The Labute approximate surface area is 250 Å². The van der Waals surface area contributed by atoms with Gasteiger partial charge in [0.2, 0.25) is 0 Å². The van der Waals surface area contributed by atoms with E-state index in [0.717, 1.165) is 25.7 Å². The van der Waals surface area contributed by atoms with E-state index in [9.17, 15) is 9.59 Å². The molecule has 0 unspecified atom stereocenters. The molecule has 0 aliphatic heterocycles. The molecule has 12 heteroatoms. The average molecular weight is 602 g/mol. The second-order valence-electron chi connectivity index (χ2n) is 10.1. The van der Waals surface area contributed by atoms with Crippen LogP contribution in [-0.2, 0) is 0 Å². The first-order chi connectivity index (χ1) is 19.4. The second kappa shape index (κ2) is 15.0. The summed E-state index contributed by atoms with van der Waals surface area (Å²) in [6, 6.07) is 12.5. The van der Waals surface area contributed by atoms with Gasteiger partial charge in [-0.15, -0.1) is 0 Å². The lowest BCUT2D eigenvalue weighted by atomic mass is 9.96. The first-order valence-electron chi connectivity index (χ1n) is 13.8. The van der Waals surface area contributed by atoms with Crippen LogP contribution in [0.3, 0.4) is 0 Å². The Balaban J connectivity index is 1.37. The zero-order valence-electron chi connectivity index (χ0n) is 22.3. The van der Waals surface area contributed by atoms with Gasteiger partial charge in [-0.25, -0.2) is 0 Å². The first kappa shape index (κ1) is 29.8. The minimum absolute atomic E-state index is 0.313. The maximum atomic E-state index is 13.1. The fourth-order valence-electron chi connectivity index (χ4n) is 5.05. The number of amides is 2. The van der Waals surface area contributed by atoms with Crippen LogP contribution in [0, 0.1) is 0 Å². The third-order valence-electron chi connectivity index (χ3n) is 7.13. The van der Waals surface area contributed by atoms with Gasteiger partial charge in [-0.3, -0.25) is 31.3 Å². The van der Waals surface area contributed by atoms with Gasteiger partial charge in [-0.1, -0.05) is 62.3 Å². The van der Waals surface area contributed by atoms with E-state index in [-0.39, 0.29) is 5.91 Å². The Morgan fingerprint density at radius 1 is 0.650 bits per heavy atom. The van der Waals surface area contributed by atoms with Crippen molar-refractivity contribution in [3.63, 3.8) is 0 Å². The first-order valence-corrected chi connectivity index (χ1v) is 15.0. The summed E-state index contributed by atoms with van der Waals surface area (Å²) in [6.45, 7) is 0. The summed E-state index contributed by atoms with van der Waals surface area (Å²) in [7, 11) is 0. The number of halogens is 1. The maximum Gasteiger partial charge on any atom is 0.271 e. The van der Waals surface area contributed by atoms with Gasteiger partial charge >= 0.3 is 0 Å². The molecule has 2 aromatic rings. The van der Waals surface area contributed by atoms with Crippen LogP contribution in [0.1, 0.15) is 84.9 Å². The van der Waals surface area contributed by atoms with Crippen LogP contribution in [-0.4, -0.2) is 34.1 Å². The highest BCUT2D eigenvalue weighted by Crippen LogP contribution is 2.27. The molecule has 2 fully saturated rings. The Morgan fingerprint density at radius 2 is 1.15 bits per heavy atom. The fourth-order valence-corrected chi connectivity index (χ4v) is 5.66. The molecular weight excluding hydrogens is 566 g/mol. The predicted molar refractivity (Wildman–Crippen MR) is 168 cm³/mol. The Morgan fingerprint density at radius 3 is 1.70 bits per heavy atom. The molecule has 214 valence electrons. The van der Waals surface area contributed by atoms with Gasteiger partial charge in [0.25, 0.3) is 11.8 Å². The van der Waals surface area contributed by atoms with Crippen molar-refractivity contribution in [3.05, 3.63) is 58.6 Å². The van der Waals surface area contributed by atoms with Crippen molar-refractivity contribution in [1.82, 2.24) is 32.3 Å². The third kappa shape index (κ3) is 8.94. The molecule has 2 aliphatic rings. The molecule has 2 aromatic carbocycles. The van der Waals surface area contributed by atoms with Gasteiger partial charge in [0.05, 0.1) is 22.5 Å². The van der Waals surface area contributed by atoms with E-state index >= 15 is 0 Å². The Bertz CT molecular complexity index is 1220. The molecule has 0 heterocycles. The van der Waals surface area contributed by atoms with Gasteiger partial charge in [-0.05, 0) is 80.5 Å². The van der Waals surface area contributed by atoms with Crippen molar-refractivity contribution < 1.29 is 9.59 Å². The smallest absolute Gasteiger partial charge is 0.271 e. The summed E-state index contributed by atoms with van der Waals surface area (Å²) in [4.78, 5) is 26.1. The topological polar surface area (TPSA) is 118 Å². The van der Waals surface area contributed by atoms with Gasteiger partial charge in [0.1, 0.15) is 0 Å². The van der Waals surface area contributed by atoms with E-state index in [0.29, 0.717) is 49.8 Å². The van der Waals surface area contributed by atoms with Crippen LogP contribution in [0.25, 0.3) is 0 Å². The lowest BCUT2D eigenvalue weighted by Gasteiger charge is -2.24. The van der Waals surface area contributed by atoms with Gasteiger partial charge in [0.15, 0.2) is 10.2 Å². The summed E-state index contributed by atoms with van der Waals surface area (Å²) in [5.74, 6) is -0.792. The van der Waals surface area contributed by atoms with Crippen molar-refractivity contribution in [1.29, 1.82) is 0 Å². The SMILES string of the molecule is O=C(NNC(=S)NC1CCCCC1)c1ccccc1Nc1cc(Cl)ccc1C(=O)NNC(=S)NC1CCCCC1. The zero-order valence-corrected chi connectivity index (χ0v) is 24.7. The number of anilines is 2. The highest BCUT2D eigenvalue weighted by Gasteiger charge is 2.19. The van der Waals surface area contributed by atoms with E-state index in [4.69, 9.17) is 36.0 Å². The number of carbonyl (C=O) groups excluding carboxylic acids is 2. The van der Waals surface area contributed by atoms with E-state index in [1.807, 2.05) is 0 Å². The number of rotatable bonds is 6. The standard InChI is InChI=1S/C28H36ClN7O2S2/c29-18-15-16-22(26(38)34-36-28(40)31-20-11-5-2-6-12-20)24(17-18)32-23-14-8-7-13-21(23)25(37)33-35-27(39)30-19-9-3-1-4-10-19/h7-8,13-17,19-20,32H,1-6,9-12H2,(H,33,37)(H,34,38)(H2,30,35,39)(H2,31,36,40). The van der Waals surface area contributed by atoms with Crippen LogP contribution < -0.4 is 37.7 Å². The van der Waals surface area contributed by atoms with Crippen LogP contribution in [0.2, 0.25) is 5.02 Å². The predicted octanol–water partition coefficient (Wildman–Crippen LogP) is 4.97. The van der Waals surface area contributed by atoms with Crippen LogP contribution in [0.4, 0.5) is 11.4 Å². The molecule has 0 radical (unpaired) electrons. The lowest BCUT2D eigenvalue weighted by molar-refractivity contribution is 0.0937. The van der Waals surface area contributed by atoms with E-state index < -0.39 is 5.91 Å². The summed E-state index contributed by atoms with van der Waals surface area (Å²) in [5, 5.41) is 10.9. The number of para-hydroxylation sites is 1. The number of nitrogens with one attached hydrogen (secondary N) is 7. The Kier molecular flexibility index (Phi) is 11.2. The fraction of sp³-hybridized carbons (Fsp3) is 0.429. The molecular formula is C28H36ClN7O2S2. The molecule has 9 nitrogen and oxygen atoms in total. The van der Waals surface area contributed by atoms with Crippen LogP contribution >= 0.6 is 36.0 Å². The summed E-state index contributed by atoms with van der Waals surface area (Å²) >= 11 is 17.0. The number of hydrazine groups is 2. The molecule has 2 amide bonds.